The van der Waals surface area contributed by atoms with Gasteiger partial charge in [0.2, 0.25) is 0 Å². The Morgan fingerprint density at radius 2 is 1.92 bits per heavy atom. The number of hydrogen-bond acceptors (Lipinski definition) is 2. The van der Waals surface area contributed by atoms with Crippen molar-refractivity contribution in [3.8, 4) is 0 Å². The van der Waals surface area contributed by atoms with Crippen LogP contribution in [0.1, 0.15) is 0 Å². The summed E-state index contributed by atoms with van der Waals surface area (Å²) >= 11 is 1.83. The van der Waals surface area contributed by atoms with Gasteiger partial charge in [-0.3, -0.25) is 0 Å². The van der Waals surface area contributed by atoms with Gasteiger partial charge in [-0.05, 0) is 17.5 Å². The molecule has 0 spiro atoms. The van der Waals surface area contributed by atoms with Crippen molar-refractivity contribution in [2.75, 3.05) is 19.0 Å². The molecule has 0 aliphatic heterocycles. The molecule has 0 aliphatic rings. The summed E-state index contributed by atoms with van der Waals surface area (Å²) in [6.45, 7) is 0. The minimum Gasteiger partial charge on any atom is -0.370 e. The smallest absolute Gasteiger partial charge is 0.0915 e. The van der Waals surface area contributed by atoms with E-state index >= 15 is 0 Å². The first-order valence-corrected chi connectivity index (χ1v) is 4.75. The molecule has 2 aromatic rings. The molecule has 0 radical (unpaired) electrons. The van der Waals surface area contributed by atoms with Crippen LogP contribution in [0.5, 0.6) is 0 Å². The number of thiophene rings is 1. The third-order valence-electron chi connectivity index (χ3n) is 1.85. The zero-order valence-corrected chi connectivity index (χ0v) is 8.06. The minimum absolute atomic E-state index is 1.32. The van der Waals surface area contributed by atoms with Crippen LogP contribution in [0.4, 0.5) is 5.00 Å². The average molecular weight is 177 g/mol. The summed E-state index contributed by atoms with van der Waals surface area (Å²) in [5, 5.41) is 2.66. The quantitative estimate of drug-likeness (QED) is 0.647. The Bertz CT molecular complexity index is 356. The van der Waals surface area contributed by atoms with Gasteiger partial charge in [-0.25, -0.2) is 0 Å². The Morgan fingerprint density at radius 3 is 2.58 bits per heavy atom. The molecule has 1 aromatic heterocycles. The van der Waals surface area contributed by atoms with Crippen molar-refractivity contribution in [1.82, 2.24) is 0 Å². The van der Waals surface area contributed by atoms with E-state index in [1.165, 1.54) is 15.1 Å². The lowest BCUT2D eigenvalue weighted by molar-refractivity contribution is 1.16. The van der Waals surface area contributed by atoms with Crippen molar-refractivity contribution in [3.63, 3.8) is 0 Å². The number of nitrogens with zero attached hydrogens (tertiary/aromatic N) is 1. The van der Waals surface area contributed by atoms with Crippen LogP contribution < -0.4 is 4.90 Å². The molecule has 0 atom stereocenters. The number of rotatable bonds is 1. The summed E-state index contributed by atoms with van der Waals surface area (Å²) in [5.41, 5.74) is 0. The Labute approximate surface area is 76.2 Å². The summed E-state index contributed by atoms with van der Waals surface area (Å²) in [6, 6.07) is 10.7. The van der Waals surface area contributed by atoms with Crippen molar-refractivity contribution >= 4 is 26.4 Å². The predicted octanol–water partition coefficient (Wildman–Crippen LogP) is 2.97. The van der Waals surface area contributed by atoms with E-state index < -0.39 is 0 Å². The van der Waals surface area contributed by atoms with E-state index in [0.717, 1.165) is 0 Å². The van der Waals surface area contributed by atoms with Gasteiger partial charge in [0.15, 0.2) is 0 Å². The van der Waals surface area contributed by atoms with Crippen molar-refractivity contribution in [2.45, 2.75) is 0 Å². The molecule has 0 bridgehead atoms. The fraction of sp³-hybridized carbons (Fsp3) is 0.200. The second-order valence-electron chi connectivity index (χ2n) is 3.02. The first-order valence-electron chi connectivity index (χ1n) is 3.93. The maximum Gasteiger partial charge on any atom is 0.0915 e. The highest BCUT2D eigenvalue weighted by Gasteiger charge is 2.00. The standard InChI is InChI=1S/C10H11NS/c1-11(2)10-7-8-5-3-4-6-9(8)12-10/h3-7H,1-2H3. The highest BCUT2D eigenvalue weighted by molar-refractivity contribution is 7.22. The van der Waals surface area contributed by atoms with Crippen molar-refractivity contribution in [2.24, 2.45) is 0 Å². The van der Waals surface area contributed by atoms with Gasteiger partial charge in [-0.1, -0.05) is 18.2 Å². The summed E-state index contributed by atoms with van der Waals surface area (Å²) in [5.74, 6) is 0. The molecular weight excluding hydrogens is 166 g/mol. The van der Waals surface area contributed by atoms with E-state index in [9.17, 15) is 0 Å². The summed E-state index contributed by atoms with van der Waals surface area (Å²) in [4.78, 5) is 2.14. The predicted molar refractivity (Wildman–Crippen MR) is 56.2 cm³/mol. The Kier molecular flexibility index (Phi) is 1.77. The van der Waals surface area contributed by atoms with E-state index in [1.54, 1.807) is 0 Å². The zero-order chi connectivity index (χ0) is 8.55. The van der Waals surface area contributed by atoms with E-state index in [1.807, 2.05) is 11.3 Å². The summed E-state index contributed by atoms with van der Waals surface area (Å²) in [6.07, 6.45) is 0. The Morgan fingerprint density at radius 1 is 1.17 bits per heavy atom. The molecule has 1 aromatic carbocycles. The molecule has 0 N–H and O–H groups in total. The van der Waals surface area contributed by atoms with Crippen LogP contribution in [0, 0.1) is 0 Å². The maximum absolute atomic E-state index is 2.22. The van der Waals surface area contributed by atoms with Crippen LogP contribution in [-0.4, -0.2) is 14.1 Å². The lowest BCUT2D eigenvalue weighted by atomic mass is 10.3. The van der Waals surface area contributed by atoms with E-state index in [4.69, 9.17) is 0 Å². The van der Waals surface area contributed by atoms with Gasteiger partial charge >= 0.3 is 0 Å². The van der Waals surface area contributed by atoms with E-state index in [-0.39, 0.29) is 0 Å². The van der Waals surface area contributed by atoms with Crippen LogP contribution in [0.2, 0.25) is 0 Å². The Hall–Kier alpha value is -1.02. The molecular formula is C10H11NS. The molecule has 2 rings (SSSR count). The fourth-order valence-corrected chi connectivity index (χ4v) is 2.17. The van der Waals surface area contributed by atoms with Crippen LogP contribution in [-0.2, 0) is 0 Å². The fourth-order valence-electron chi connectivity index (χ4n) is 1.19. The molecule has 0 unspecified atom stereocenters. The number of benzene rings is 1. The second-order valence-corrected chi connectivity index (χ2v) is 4.08. The van der Waals surface area contributed by atoms with Crippen LogP contribution in [0.25, 0.3) is 10.1 Å². The van der Waals surface area contributed by atoms with Gasteiger partial charge in [0, 0.05) is 18.8 Å². The van der Waals surface area contributed by atoms with Gasteiger partial charge in [-0.2, -0.15) is 0 Å². The SMILES string of the molecule is CN(C)c1cc2ccccc2s1. The normalized spacial score (nSPS) is 10.5. The molecule has 2 heteroatoms. The topological polar surface area (TPSA) is 3.24 Å². The van der Waals surface area contributed by atoms with Gasteiger partial charge in [0.25, 0.3) is 0 Å². The van der Waals surface area contributed by atoms with Gasteiger partial charge in [0.05, 0.1) is 5.00 Å². The average Bonchev–Trinajstić information content (AvgIpc) is 2.46. The lowest BCUT2D eigenvalue weighted by Crippen LogP contribution is -2.05. The first-order chi connectivity index (χ1) is 5.77. The molecule has 0 saturated carbocycles. The number of hydrogen-bond donors (Lipinski definition) is 0. The minimum atomic E-state index is 1.32. The molecule has 0 saturated heterocycles. The van der Waals surface area contributed by atoms with Crippen LogP contribution in [0.3, 0.4) is 0 Å². The van der Waals surface area contributed by atoms with Crippen molar-refractivity contribution in [3.05, 3.63) is 30.3 Å². The second kappa shape index (κ2) is 2.79. The van der Waals surface area contributed by atoms with Gasteiger partial charge < -0.3 is 4.90 Å². The van der Waals surface area contributed by atoms with Crippen molar-refractivity contribution in [1.29, 1.82) is 0 Å². The molecule has 62 valence electrons. The maximum atomic E-state index is 2.22. The van der Waals surface area contributed by atoms with E-state index in [0.29, 0.717) is 0 Å². The van der Waals surface area contributed by atoms with Crippen molar-refractivity contribution < 1.29 is 0 Å². The molecule has 12 heavy (non-hydrogen) atoms. The van der Waals surface area contributed by atoms with Gasteiger partial charge in [-0.15, -0.1) is 11.3 Å². The monoisotopic (exact) mass is 177 g/mol. The lowest BCUT2D eigenvalue weighted by Gasteiger charge is -2.06. The summed E-state index contributed by atoms with van der Waals surface area (Å²) in [7, 11) is 4.15. The Balaban J connectivity index is 2.62. The third kappa shape index (κ3) is 1.18. The largest absolute Gasteiger partial charge is 0.370 e. The summed E-state index contributed by atoms with van der Waals surface area (Å²) < 4.78 is 1.36. The molecule has 1 heterocycles. The zero-order valence-electron chi connectivity index (χ0n) is 7.24. The molecule has 0 aliphatic carbocycles. The third-order valence-corrected chi connectivity index (χ3v) is 3.14. The highest BCUT2D eigenvalue weighted by Crippen LogP contribution is 2.30. The first kappa shape index (κ1) is 7.62. The van der Waals surface area contributed by atoms with Crippen LogP contribution in [0.15, 0.2) is 30.3 Å². The highest BCUT2D eigenvalue weighted by atomic mass is 32.1. The molecule has 0 amide bonds. The number of anilines is 1. The van der Waals surface area contributed by atoms with Crippen LogP contribution >= 0.6 is 11.3 Å². The molecule has 1 nitrogen and oxygen atoms in total. The molecule has 0 fully saturated rings. The van der Waals surface area contributed by atoms with Gasteiger partial charge in [0.1, 0.15) is 0 Å². The number of fused-ring (bicyclic) bond motifs is 1. The van der Waals surface area contributed by atoms with E-state index in [2.05, 4.69) is 49.3 Å².